The molecule has 0 spiro atoms. The molecule has 1 aromatic carbocycles. The zero-order valence-corrected chi connectivity index (χ0v) is 14.3. The van der Waals surface area contributed by atoms with Crippen LogP contribution in [0.2, 0.25) is 0 Å². The van der Waals surface area contributed by atoms with Crippen LogP contribution in [0, 0.1) is 0 Å². The van der Waals surface area contributed by atoms with Crippen molar-refractivity contribution in [1.29, 1.82) is 0 Å². The molecule has 1 aliphatic heterocycles. The van der Waals surface area contributed by atoms with E-state index in [2.05, 4.69) is 36.2 Å². The van der Waals surface area contributed by atoms with Crippen molar-refractivity contribution in [3.05, 3.63) is 58.0 Å². The van der Waals surface area contributed by atoms with Gasteiger partial charge in [-0.2, -0.15) is 0 Å². The first-order valence-electron chi connectivity index (χ1n) is 7.26. The molecule has 3 nitrogen and oxygen atoms in total. The van der Waals surface area contributed by atoms with E-state index in [0.717, 1.165) is 27.9 Å². The molecule has 5 heteroatoms. The maximum atomic E-state index is 12.4. The summed E-state index contributed by atoms with van der Waals surface area (Å²) in [5, 5.41) is 1.25. The highest BCUT2D eigenvalue weighted by Gasteiger charge is 2.25. The summed E-state index contributed by atoms with van der Waals surface area (Å²) in [6.07, 6.45) is 5.09. The van der Waals surface area contributed by atoms with Crippen LogP contribution in [-0.4, -0.2) is 20.6 Å². The standard InChI is InChI=1S/C17H18N2OS2/c1-12-11-14-15(22-12)16(20)19(2)17(18-14)21-10-6-9-13-7-4-3-5-8-13/h3-9,12H,10-11H2,1-2H3/b9-6+/t12-/m1/s1. The minimum Gasteiger partial charge on any atom is -0.290 e. The Kier molecular flexibility index (Phi) is 4.74. The topological polar surface area (TPSA) is 34.9 Å². The average molecular weight is 330 g/mol. The molecule has 2 heterocycles. The summed E-state index contributed by atoms with van der Waals surface area (Å²) in [7, 11) is 1.81. The van der Waals surface area contributed by atoms with Crippen LogP contribution < -0.4 is 5.56 Å². The smallest absolute Gasteiger partial charge is 0.267 e. The summed E-state index contributed by atoms with van der Waals surface area (Å²) < 4.78 is 1.67. The SMILES string of the molecule is C[C@@H]1Cc2nc(SC/C=C/c3ccccc3)n(C)c(=O)c2S1. The number of hydrogen-bond acceptors (Lipinski definition) is 4. The van der Waals surface area contributed by atoms with Crippen molar-refractivity contribution in [2.45, 2.75) is 28.6 Å². The van der Waals surface area contributed by atoms with Crippen molar-refractivity contribution in [2.24, 2.45) is 7.05 Å². The molecule has 0 bridgehead atoms. The Hall–Kier alpha value is -1.46. The fourth-order valence-corrected chi connectivity index (χ4v) is 4.32. The summed E-state index contributed by atoms with van der Waals surface area (Å²) in [4.78, 5) is 17.9. The largest absolute Gasteiger partial charge is 0.290 e. The number of nitrogens with zero attached hydrogens (tertiary/aromatic N) is 2. The zero-order chi connectivity index (χ0) is 15.5. The minimum atomic E-state index is 0.0916. The fourth-order valence-electron chi connectivity index (χ4n) is 2.38. The first-order chi connectivity index (χ1) is 10.6. The molecule has 1 aliphatic rings. The van der Waals surface area contributed by atoms with Crippen molar-refractivity contribution >= 4 is 29.6 Å². The normalized spacial score (nSPS) is 17.1. The fraction of sp³-hybridized carbons (Fsp3) is 0.294. The Labute approximate surface area is 138 Å². The van der Waals surface area contributed by atoms with Gasteiger partial charge in [-0.3, -0.25) is 9.36 Å². The van der Waals surface area contributed by atoms with E-state index in [0.29, 0.717) is 5.25 Å². The van der Waals surface area contributed by atoms with E-state index in [4.69, 9.17) is 0 Å². The van der Waals surface area contributed by atoms with Gasteiger partial charge in [0.2, 0.25) is 0 Å². The molecular formula is C17H18N2OS2. The van der Waals surface area contributed by atoms with E-state index in [1.165, 1.54) is 5.56 Å². The van der Waals surface area contributed by atoms with Crippen molar-refractivity contribution in [1.82, 2.24) is 9.55 Å². The van der Waals surface area contributed by atoms with Gasteiger partial charge in [-0.05, 0) is 5.56 Å². The summed E-state index contributed by atoms with van der Waals surface area (Å²) in [6, 6.07) is 10.2. The number of rotatable bonds is 4. The Morgan fingerprint density at radius 3 is 2.95 bits per heavy atom. The summed E-state index contributed by atoms with van der Waals surface area (Å²) in [6.45, 7) is 2.14. The van der Waals surface area contributed by atoms with Crippen LogP contribution in [0.15, 0.2) is 51.3 Å². The summed E-state index contributed by atoms with van der Waals surface area (Å²) in [5.41, 5.74) is 2.24. The Balaban J connectivity index is 1.71. The Morgan fingerprint density at radius 1 is 1.41 bits per heavy atom. The Morgan fingerprint density at radius 2 is 2.18 bits per heavy atom. The molecule has 22 heavy (non-hydrogen) atoms. The van der Waals surface area contributed by atoms with Gasteiger partial charge >= 0.3 is 0 Å². The molecule has 114 valence electrons. The molecule has 0 saturated carbocycles. The van der Waals surface area contributed by atoms with E-state index in [9.17, 15) is 4.79 Å². The summed E-state index contributed by atoms with van der Waals surface area (Å²) in [5.74, 6) is 0.802. The van der Waals surface area contributed by atoms with Gasteiger partial charge in [0.15, 0.2) is 5.16 Å². The van der Waals surface area contributed by atoms with Crippen molar-refractivity contribution in [3.63, 3.8) is 0 Å². The summed E-state index contributed by atoms with van der Waals surface area (Å²) >= 11 is 3.25. The molecule has 0 N–H and O–H groups in total. The van der Waals surface area contributed by atoms with Crippen LogP contribution in [0.4, 0.5) is 0 Å². The highest BCUT2D eigenvalue weighted by atomic mass is 32.2. The van der Waals surface area contributed by atoms with Gasteiger partial charge in [-0.1, -0.05) is 61.2 Å². The molecule has 2 aromatic rings. The van der Waals surface area contributed by atoms with Crippen LogP contribution in [0.5, 0.6) is 0 Å². The number of hydrogen-bond donors (Lipinski definition) is 0. The maximum absolute atomic E-state index is 12.4. The highest BCUT2D eigenvalue weighted by molar-refractivity contribution is 8.00. The predicted molar refractivity (Wildman–Crippen MR) is 94.7 cm³/mol. The minimum absolute atomic E-state index is 0.0916. The predicted octanol–water partition coefficient (Wildman–Crippen LogP) is 3.62. The molecule has 1 atom stereocenters. The quantitative estimate of drug-likeness (QED) is 0.633. The van der Waals surface area contributed by atoms with Gasteiger partial charge in [-0.25, -0.2) is 4.98 Å². The molecule has 0 amide bonds. The van der Waals surface area contributed by atoms with Gasteiger partial charge in [0, 0.05) is 24.5 Å². The van der Waals surface area contributed by atoms with E-state index in [-0.39, 0.29) is 5.56 Å². The monoisotopic (exact) mass is 330 g/mol. The molecule has 0 unspecified atom stereocenters. The third-order valence-corrected chi connectivity index (χ3v) is 5.69. The lowest BCUT2D eigenvalue weighted by molar-refractivity contribution is 0.666. The number of benzene rings is 1. The van der Waals surface area contributed by atoms with Crippen molar-refractivity contribution in [2.75, 3.05) is 5.75 Å². The molecule has 3 rings (SSSR count). The highest BCUT2D eigenvalue weighted by Crippen LogP contribution is 2.33. The van der Waals surface area contributed by atoms with E-state index in [1.807, 2.05) is 25.2 Å². The van der Waals surface area contributed by atoms with Crippen LogP contribution >= 0.6 is 23.5 Å². The second-order valence-corrected chi connectivity index (χ2v) is 7.73. The third-order valence-electron chi connectivity index (χ3n) is 3.50. The molecule has 1 aromatic heterocycles. The first-order valence-corrected chi connectivity index (χ1v) is 9.12. The van der Waals surface area contributed by atoms with Gasteiger partial charge in [-0.15, -0.1) is 11.8 Å². The van der Waals surface area contributed by atoms with E-state index in [1.54, 1.807) is 28.1 Å². The average Bonchev–Trinajstić information content (AvgIpc) is 2.90. The molecule has 0 radical (unpaired) electrons. The van der Waals surface area contributed by atoms with Crippen LogP contribution in [0.1, 0.15) is 18.2 Å². The lowest BCUT2D eigenvalue weighted by Crippen LogP contribution is -2.22. The first kappa shape index (κ1) is 15.4. The molecule has 0 fully saturated rings. The van der Waals surface area contributed by atoms with E-state index >= 15 is 0 Å². The lowest BCUT2D eigenvalue weighted by Gasteiger charge is -2.07. The Bertz CT molecular complexity index is 753. The zero-order valence-electron chi connectivity index (χ0n) is 12.7. The van der Waals surface area contributed by atoms with E-state index < -0.39 is 0 Å². The van der Waals surface area contributed by atoms with Gasteiger partial charge < -0.3 is 0 Å². The number of fused-ring (bicyclic) bond motifs is 1. The molecular weight excluding hydrogens is 312 g/mol. The van der Waals surface area contributed by atoms with Crippen molar-refractivity contribution < 1.29 is 0 Å². The van der Waals surface area contributed by atoms with Crippen LogP contribution in [0.3, 0.4) is 0 Å². The second-order valence-electron chi connectivity index (χ2n) is 5.29. The van der Waals surface area contributed by atoms with Gasteiger partial charge in [0.1, 0.15) is 0 Å². The number of aromatic nitrogens is 2. The van der Waals surface area contributed by atoms with Crippen molar-refractivity contribution in [3.8, 4) is 0 Å². The molecule has 0 aliphatic carbocycles. The second kappa shape index (κ2) is 6.75. The van der Waals surface area contributed by atoms with Gasteiger partial charge in [0.25, 0.3) is 5.56 Å². The van der Waals surface area contributed by atoms with Crippen LogP contribution in [0.25, 0.3) is 6.08 Å². The molecule has 0 saturated heterocycles. The lowest BCUT2D eigenvalue weighted by atomic mass is 10.2. The number of thioether (sulfide) groups is 2. The van der Waals surface area contributed by atoms with Gasteiger partial charge in [0.05, 0.1) is 10.6 Å². The third kappa shape index (κ3) is 3.31. The van der Waals surface area contributed by atoms with Crippen LogP contribution in [-0.2, 0) is 13.5 Å². The maximum Gasteiger partial charge on any atom is 0.267 e.